The van der Waals surface area contributed by atoms with Gasteiger partial charge < -0.3 is 0 Å². The van der Waals surface area contributed by atoms with Gasteiger partial charge in [0.15, 0.2) is 0 Å². The SMILES string of the molecule is CCc1cnc(-c2ccc(Cl)cc2)c(-c2ccc(Cl)cc2)n1. The summed E-state index contributed by atoms with van der Waals surface area (Å²) in [7, 11) is 0. The van der Waals surface area contributed by atoms with Crippen LogP contribution in [0.1, 0.15) is 12.6 Å². The second-order valence-corrected chi connectivity index (χ2v) is 5.80. The van der Waals surface area contributed by atoms with Gasteiger partial charge >= 0.3 is 0 Å². The molecule has 1 heterocycles. The molecule has 0 fully saturated rings. The van der Waals surface area contributed by atoms with E-state index in [0.717, 1.165) is 34.6 Å². The van der Waals surface area contributed by atoms with Crippen LogP contribution >= 0.6 is 23.2 Å². The van der Waals surface area contributed by atoms with E-state index in [-0.39, 0.29) is 0 Å². The molecule has 2 nitrogen and oxygen atoms in total. The molecular weight excluding hydrogens is 315 g/mol. The Balaban J connectivity index is 2.17. The van der Waals surface area contributed by atoms with Crippen LogP contribution in [0.25, 0.3) is 22.5 Å². The molecule has 0 unspecified atom stereocenters. The van der Waals surface area contributed by atoms with Crippen molar-refractivity contribution < 1.29 is 0 Å². The van der Waals surface area contributed by atoms with Crippen LogP contribution in [0.15, 0.2) is 54.7 Å². The molecule has 0 radical (unpaired) electrons. The largest absolute Gasteiger partial charge is 0.252 e. The lowest BCUT2D eigenvalue weighted by Crippen LogP contribution is -1.97. The van der Waals surface area contributed by atoms with Crippen LogP contribution in [-0.2, 0) is 6.42 Å². The van der Waals surface area contributed by atoms with Gasteiger partial charge in [0.05, 0.1) is 17.1 Å². The highest BCUT2D eigenvalue weighted by molar-refractivity contribution is 6.31. The molecule has 0 aliphatic heterocycles. The van der Waals surface area contributed by atoms with E-state index in [1.165, 1.54) is 0 Å². The van der Waals surface area contributed by atoms with Crippen LogP contribution in [-0.4, -0.2) is 9.97 Å². The fraction of sp³-hybridized carbons (Fsp3) is 0.111. The van der Waals surface area contributed by atoms with Crippen molar-refractivity contribution in [3.63, 3.8) is 0 Å². The van der Waals surface area contributed by atoms with Gasteiger partial charge in [-0.25, -0.2) is 4.98 Å². The minimum Gasteiger partial charge on any atom is -0.252 e. The van der Waals surface area contributed by atoms with Gasteiger partial charge in [-0.1, -0.05) is 54.4 Å². The fourth-order valence-electron chi connectivity index (χ4n) is 2.22. The Morgan fingerprint density at radius 1 is 0.773 bits per heavy atom. The lowest BCUT2D eigenvalue weighted by atomic mass is 10.0. The molecule has 3 aromatic rings. The van der Waals surface area contributed by atoms with E-state index < -0.39 is 0 Å². The van der Waals surface area contributed by atoms with Crippen molar-refractivity contribution in [3.8, 4) is 22.5 Å². The van der Waals surface area contributed by atoms with Gasteiger partial charge in [-0.3, -0.25) is 4.98 Å². The summed E-state index contributed by atoms with van der Waals surface area (Å²) < 4.78 is 0. The molecule has 4 heteroatoms. The summed E-state index contributed by atoms with van der Waals surface area (Å²) in [6.45, 7) is 2.07. The topological polar surface area (TPSA) is 25.8 Å². The molecule has 0 amide bonds. The molecule has 0 N–H and O–H groups in total. The van der Waals surface area contributed by atoms with Crippen molar-refractivity contribution in [2.75, 3.05) is 0 Å². The number of aromatic nitrogens is 2. The summed E-state index contributed by atoms with van der Waals surface area (Å²) in [5.41, 5.74) is 4.65. The van der Waals surface area contributed by atoms with Gasteiger partial charge in [-0.05, 0) is 30.7 Å². The molecule has 3 rings (SSSR count). The van der Waals surface area contributed by atoms with Crippen LogP contribution in [0, 0.1) is 0 Å². The van der Waals surface area contributed by atoms with E-state index in [4.69, 9.17) is 28.2 Å². The number of hydrogen-bond acceptors (Lipinski definition) is 2. The predicted molar refractivity (Wildman–Crippen MR) is 92.3 cm³/mol. The van der Waals surface area contributed by atoms with Crippen molar-refractivity contribution in [2.24, 2.45) is 0 Å². The molecule has 0 spiro atoms. The second kappa shape index (κ2) is 6.47. The maximum Gasteiger partial charge on any atom is 0.0968 e. The van der Waals surface area contributed by atoms with E-state index >= 15 is 0 Å². The number of nitrogens with zero attached hydrogens (tertiary/aromatic N) is 2. The lowest BCUT2D eigenvalue weighted by molar-refractivity contribution is 1.01. The Morgan fingerprint density at radius 3 is 1.77 bits per heavy atom. The number of benzene rings is 2. The summed E-state index contributed by atoms with van der Waals surface area (Å²) in [6, 6.07) is 15.3. The standard InChI is InChI=1S/C18H14Cl2N2/c1-2-16-11-21-17(12-3-7-14(19)8-4-12)18(22-16)13-5-9-15(20)10-6-13/h3-11H,2H2,1H3. The van der Waals surface area contributed by atoms with Gasteiger partial charge in [0.2, 0.25) is 0 Å². The highest BCUT2D eigenvalue weighted by Gasteiger charge is 2.12. The number of rotatable bonds is 3. The van der Waals surface area contributed by atoms with Crippen LogP contribution in [0.3, 0.4) is 0 Å². The average molecular weight is 329 g/mol. The molecule has 2 aromatic carbocycles. The summed E-state index contributed by atoms with van der Waals surface area (Å²) in [5, 5.41) is 1.41. The Morgan fingerprint density at radius 2 is 1.27 bits per heavy atom. The van der Waals surface area contributed by atoms with Crippen LogP contribution < -0.4 is 0 Å². The van der Waals surface area contributed by atoms with Gasteiger partial charge in [-0.2, -0.15) is 0 Å². The Labute approximate surface area is 139 Å². The van der Waals surface area contributed by atoms with E-state index in [0.29, 0.717) is 10.0 Å². The molecule has 110 valence electrons. The number of hydrogen-bond donors (Lipinski definition) is 0. The van der Waals surface area contributed by atoms with Crippen molar-refractivity contribution in [1.82, 2.24) is 9.97 Å². The monoisotopic (exact) mass is 328 g/mol. The number of halogens is 2. The average Bonchev–Trinajstić information content (AvgIpc) is 2.56. The van der Waals surface area contributed by atoms with E-state index in [1.807, 2.05) is 54.7 Å². The van der Waals surface area contributed by atoms with Gasteiger partial charge in [0.25, 0.3) is 0 Å². The van der Waals surface area contributed by atoms with Gasteiger partial charge in [0.1, 0.15) is 0 Å². The quantitative estimate of drug-likeness (QED) is 0.618. The normalized spacial score (nSPS) is 10.7. The van der Waals surface area contributed by atoms with Crippen molar-refractivity contribution in [3.05, 3.63) is 70.5 Å². The van der Waals surface area contributed by atoms with Gasteiger partial charge in [-0.15, -0.1) is 0 Å². The van der Waals surface area contributed by atoms with Crippen molar-refractivity contribution in [1.29, 1.82) is 0 Å². The molecule has 22 heavy (non-hydrogen) atoms. The summed E-state index contributed by atoms with van der Waals surface area (Å²) in [6.07, 6.45) is 2.66. The summed E-state index contributed by atoms with van der Waals surface area (Å²) in [4.78, 5) is 9.36. The molecule has 0 saturated heterocycles. The maximum absolute atomic E-state index is 5.98. The molecule has 0 saturated carbocycles. The zero-order valence-corrected chi connectivity index (χ0v) is 13.6. The molecular formula is C18H14Cl2N2. The predicted octanol–water partition coefficient (Wildman–Crippen LogP) is 5.68. The van der Waals surface area contributed by atoms with E-state index in [2.05, 4.69) is 11.9 Å². The molecule has 1 aromatic heterocycles. The minimum absolute atomic E-state index is 0.704. The maximum atomic E-state index is 5.98. The smallest absolute Gasteiger partial charge is 0.0968 e. The zero-order valence-electron chi connectivity index (χ0n) is 12.1. The third-order valence-corrected chi connectivity index (χ3v) is 3.92. The Kier molecular flexibility index (Phi) is 4.41. The first-order chi connectivity index (χ1) is 10.7. The fourth-order valence-corrected chi connectivity index (χ4v) is 2.48. The minimum atomic E-state index is 0.704. The van der Waals surface area contributed by atoms with Crippen LogP contribution in [0.5, 0.6) is 0 Å². The molecule has 0 atom stereocenters. The zero-order chi connectivity index (χ0) is 15.5. The number of aryl methyl sites for hydroxylation is 1. The summed E-state index contributed by atoms with van der Waals surface area (Å²) in [5.74, 6) is 0. The first-order valence-electron chi connectivity index (χ1n) is 7.05. The summed E-state index contributed by atoms with van der Waals surface area (Å²) >= 11 is 12.0. The Hall–Kier alpha value is -1.90. The van der Waals surface area contributed by atoms with Crippen LogP contribution in [0.4, 0.5) is 0 Å². The molecule has 0 bridgehead atoms. The molecule has 0 aliphatic carbocycles. The first-order valence-corrected chi connectivity index (χ1v) is 7.80. The Bertz CT molecular complexity index is 781. The van der Waals surface area contributed by atoms with E-state index in [9.17, 15) is 0 Å². The van der Waals surface area contributed by atoms with Gasteiger partial charge in [0, 0.05) is 27.4 Å². The highest BCUT2D eigenvalue weighted by Crippen LogP contribution is 2.30. The van der Waals surface area contributed by atoms with Crippen LogP contribution in [0.2, 0.25) is 10.0 Å². The second-order valence-electron chi connectivity index (χ2n) is 4.93. The first kappa shape index (κ1) is 15.0. The highest BCUT2D eigenvalue weighted by atomic mass is 35.5. The third kappa shape index (κ3) is 3.13. The van der Waals surface area contributed by atoms with Crippen molar-refractivity contribution in [2.45, 2.75) is 13.3 Å². The van der Waals surface area contributed by atoms with E-state index in [1.54, 1.807) is 0 Å². The third-order valence-electron chi connectivity index (χ3n) is 3.42. The molecule has 0 aliphatic rings. The van der Waals surface area contributed by atoms with Crippen molar-refractivity contribution >= 4 is 23.2 Å². The lowest BCUT2D eigenvalue weighted by Gasteiger charge is -2.10.